The van der Waals surface area contributed by atoms with Crippen LogP contribution in [0.3, 0.4) is 0 Å². The first-order valence-corrected chi connectivity index (χ1v) is 8.97. The average molecular weight is 428 g/mol. The van der Waals surface area contributed by atoms with Crippen LogP contribution in [0.2, 0.25) is 0 Å². The molecule has 0 aliphatic rings. The minimum absolute atomic E-state index is 0.0353. The highest BCUT2D eigenvalue weighted by atomic mass is 16.5. The number of anilines is 3. The maximum Gasteiger partial charge on any atom is 0.322 e. The molecule has 0 saturated heterocycles. The van der Waals surface area contributed by atoms with Gasteiger partial charge in [-0.3, -0.25) is 14.8 Å². The summed E-state index contributed by atoms with van der Waals surface area (Å²) in [6.45, 7) is -2.74. The minimum atomic E-state index is -2.74. The number of amides is 3. The van der Waals surface area contributed by atoms with Gasteiger partial charge in [0.25, 0.3) is 5.91 Å². The molecule has 0 radical (unpaired) electrons. The minimum Gasteiger partial charge on any atom is -0.494 e. The lowest BCUT2D eigenvalue weighted by Gasteiger charge is -2.16. The number of para-hydroxylation sites is 1. The zero-order valence-electron chi connectivity index (χ0n) is 20.3. The zero-order chi connectivity index (χ0) is 25.0. The van der Waals surface area contributed by atoms with Crippen LogP contribution in [0, 0.1) is 0 Å². The molecule has 0 atom stereocenters. The van der Waals surface area contributed by atoms with Crippen LogP contribution in [-0.2, 0) is 7.05 Å². The van der Waals surface area contributed by atoms with Gasteiger partial charge in [0.05, 0.1) is 24.0 Å². The first-order valence-electron chi connectivity index (χ1n) is 10.5. The summed E-state index contributed by atoms with van der Waals surface area (Å²) in [7, 11) is 6.28. The van der Waals surface area contributed by atoms with Gasteiger partial charge in [-0.15, -0.1) is 10.2 Å². The van der Waals surface area contributed by atoms with E-state index in [-0.39, 0.29) is 17.2 Å². The third-order valence-corrected chi connectivity index (χ3v) is 4.09. The van der Waals surface area contributed by atoms with Gasteiger partial charge in [0.15, 0.2) is 23.1 Å². The fraction of sp³-hybridized carbons (Fsp3) is 0.263. The molecule has 1 aromatic carbocycles. The molecule has 0 spiro atoms. The van der Waals surface area contributed by atoms with Gasteiger partial charge in [-0.2, -0.15) is 5.10 Å². The topological polar surface area (TPSA) is 139 Å². The summed E-state index contributed by atoms with van der Waals surface area (Å²) in [5.74, 6) is -0.170. The molecule has 162 valence electrons. The van der Waals surface area contributed by atoms with Crippen molar-refractivity contribution in [3.8, 4) is 17.1 Å². The molecule has 3 aromatic rings. The lowest BCUT2D eigenvalue weighted by Crippen LogP contribution is -2.28. The maximum atomic E-state index is 12.6. The number of hydrogen-bond donors (Lipinski definition) is 3. The summed E-state index contributed by atoms with van der Waals surface area (Å²) >= 11 is 0. The molecular weight excluding hydrogens is 402 g/mol. The van der Waals surface area contributed by atoms with Crippen molar-refractivity contribution in [3.05, 3.63) is 36.3 Å². The van der Waals surface area contributed by atoms with Crippen molar-refractivity contribution in [1.82, 2.24) is 35.2 Å². The van der Waals surface area contributed by atoms with Gasteiger partial charge in [0.1, 0.15) is 6.33 Å². The van der Waals surface area contributed by atoms with E-state index in [4.69, 9.17) is 8.85 Å². The molecular formula is C19H23N9O3. The first-order chi connectivity index (χ1) is 16.0. The molecule has 3 rings (SSSR count). The van der Waals surface area contributed by atoms with E-state index in [0.717, 1.165) is 0 Å². The van der Waals surface area contributed by atoms with E-state index in [1.54, 1.807) is 50.4 Å². The fourth-order valence-electron chi connectivity index (χ4n) is 2.64. The standard InChI is InChI=1S/C19H23N9O3/c1-20-18(29)15-13(9-14(24-25-15)23-19(30)27(2)3)22-12-8-6-7-11(16(12)31-5)17-21-10-28(4)26-17/h6-10H,1-5H3,(H,20,29)(H2,22,23,24,30)/i1D3. The smallest absolute Gasteiger partial charge is 0.322 e. The molecule has 2 heterocycles. The van der Waals surface area contributed by atoms with Crippen LogP contribution in [-0.4, -0.2) is 70.0 Å². The Morgan fingerprint density at radius 3 is 2.68 bits per heavy atom. The molecule has 0 bridgehead atoms. The Balaban J connectivity index is 2.06. The van der Waals surface area contributed by atoms with Crippen molar-refractivity contribution in [2.75, 3.05) is 38.8 Å². The zero-order valence-corrected chi connectivity index (χ0v) is 17.3. The predicted octanol–water partition coefficient (Wildman–Crippen LogP) is 1.48. The summed E-state index contributed by atoms with van der Waals surface area (Å²) in [4.78, 5) is 30.1. The summed E-state index contributed by atoms with van der Waals surface area (Å²) in [5.41, 5.74) is 0.760. The second kappa shape index (κ2) is 9.07. The van der Waals surface area contributed by atoms with Crippen LogP contribution in [0.25, 0.3) is 11.4 Å². The van der Waals surface area contributed by atoms with Crippen molar-refractivity contribution in [1.29, 1.82) is 0 Å². The number of nitrogens with zero attached hydrogens (tertiary/aromatic N) is 6. The Morgan fingerprint density at radius 1 is 1.23 bits per heavy atom. The predicted molar refractivity (Wildman–Crippen MR) is 114 cm³/mol. The molecule has 3 N–H and O–H groups in total. The highest BCUT2D eigenvalue weighted by Gasteiger charge is 2.19. The molecule has 0 aliphatic carbocycles. The van der Waals surface area contributed by atoms with E-state index in [1.165, 1.54) is 18.1 Å². The molecule has 0 unspecified atom stereocenters. The van der Waals surface area contributed by atoms with Gasteiger partial charge < -0.3 is 20.3 Å². The molecule has 31 heavy (non-hydrogen) atoms. The summed E-state index contributed by atoms with van der Waals surface area (Å²) in [6.07, 6.45) is 1.54. The lowest BCUT2D eigenvalue weighted by atomic mass is 10.1. The van der Waals surface area contributed by atoms with Crippen LogP contribution in [0.4, 0.5) is 22.0 Å². The Bertz CT molecular complexity index is 1210. The molecule has 0 aliphatic heterocycles. The highest BCUT2D eigenvalue weighted by molar-refractivity contribution is 5.99. The number of rotatable bonds is 6. The van der Waals surface area contributed by atoms with Gasteiger partial charge in [-0.1, -0.05) is 6.07 Å². The second-order valence-electron chi connectivity index (χ2n) is 6.52. The number of ether oxygens (including phenoxy) is 1. The van der Waals surface area contributed by atoms with E-state index < -0.39 is 18.9 Å². The largest absolute Gasteiger partial charge is 0.494 e. The third kappa shape index (κ3) is 4.69. The Kier molecular flexibility index (Phi) is 5.16. The number of aryl methyl sites for hydroxylation is 1. The van der Waals surface area contributed by atoms with Crippen molar-refractivity contribution in [3.63, 3.8) is 0 Å². The van der Waals surface area contributed by atoms with E-state index in [0.29, 0.717) is 22.8 Å². The van der Waals surface area contributed by atoms with E-state index >= 15 is 0 Å². The van der Waals surface area contributed by atoms with Crippen molar-refractivity contribution in [2.24, 2.45) is 7.05 Å². The number of nitrogens with one attached hydrogen (secondary N) is 3. The van der Waals surface area contributed by atoms with Crippen LogP contribution in [0.15, 0.2) is 30.6 Å². The van der Waals surface area contributed by atoms with Crippen LogP contribution in [0.5, 0.6) is 5.75 Å². The van der Waals surface area contributed by atoms with E-state index in [9.17, 15) is 9.59 Å². The van der Waals surface area contributed by atoms with E-state index in [1.807, 2.05) is 5.32 Å². The molecule has 2 aromatic heterocycles. The molecule has 0 saturated carbocycles. The van der Waals surface area contributed by atoms with E-state index in [2.05, 4.69) is 30.9 Å². The van der Waals surface area contributed by atoms with Gasteiger partial charge in [0, 0.05) is 38.3 Å². The van der Waals surface area contributed by atoms with Gasteiger partial charge in [-0.25, -0.2) is 9.78 Å². The van der Waals surface area contributed by atoms with Gasteiger partial charge in [-0.05, 0) is 12.1 Å². The fourth-order valence-corrected chi connectivity index (χ4v) is 2.64. The lowest BCUT2D eigenvalue weighted by molar-refractivity contribution is 0.0958. The monoisotopic (exact) mass is 428 g/mol. The van der Waals surface area contributed by atoms with Crippen molar-refractivity contribution in [2.45, 2.75) is 0 Å². The Hall–Kier alpha value is -4.22. The molecule has 0 fully saturated rings. The maximum absolute atomic E-state index is 12.6. The highest BCUT2D eigenvalue weighted by Crippen LogP contribution is 2.37. The second-order valence-corrected chi connectivity index (χ2v) is 6.52. The first kappa shape index (κ1) is 17.6. The van der Waals surface area contributed by atoms with Crippen molar-refractivity contribution >= 4 is 29.1 Å². The average Bonchev–Trinajstić information content (AvgIpc) is 3.18. The summed E-state index contributed by atoms with van der Waals surface area (Å²) in [5, 5.41) is 19.4. The van der Waals surface area contributed by atoms with Crippen LogP contribution >= 0.6 is 0 Å². The van der Waals surface area contributed by atoms with Gasteiger partial charge >= 0.3 is 6.03 Å². The number of carbonyl (C=O) groups excluding carboxylic acids is 2. The SMILES string of the molecule is [2H]C([2H])([2H])NC(=O)c1nnc(NC(=O)N(C)C)cc1Nc1cccc(-c2ncn(C)n2)c1OC. The molecule has 3 amide bonds. The quantitative estimate of drug-likeness (QED) is 0.536. The molecule has 12 heteroatoms. The normalized spacial score (nSPS) is 12.2. The number of aromatic nitrogens is 5. The van der Waals surface area contributed by atoms with Gasteiger partial charge in [0.2, 0.25) is 0 Å². The summed E-state index contributed by atoms with van der Waals surface area (Å²) in [6, 6.07) is 6.04. The summed E-state index contributed by atoms with van der Waals surface area (Å²) < 4.78 is 29.0. The van der Waals surface area contributed by atoms with Crippen LogP contribution in [0.1, 0.15) is 14.6 Å². The molecule has 12 nitrogen and oxygen atoms in total. The Labute approximate surface area is 182 Å². The number of carbonyl (C=O) groups is 2. The Morgan fingerprint density at radius 2 is 2.03 bits per heavy atom. The number of hydrogen-bond acceptors (Lipinski definition) is 8. The van der Waals surface area contributed by atoms with Crippen molar-refractivity contribution < 1.29 is 18.4 Å². The number of urea groups is 1. The van der Waals surface area contributed by atoms with Crippen LogP contribution < -0.4 is 20.7 Å². The number of benzene rings is 1. The third-order valence-electron chi connectivity index (χ3n) is 4.09. The number of methoxy groups -OCH3 is 1.